The van der Waals surface area contributed by atoms with Crippen LogP contribution in [0.2, 0.25) is 0 Å². The maximum atomic E-state index is 11.7. The molecule has 0 fully saturated rings. The molecular weight excluding hydrogens is 388 g/mol. The fraction of sp³-hybridized carbons (Fsp3) is 0.0909. The smallest absolute Gasteiger partial charge is 0.307 e. The molecule has 0 bridgehead atoms. The van der Waals surface area contributed by atoms with E-state index < -0.39 is 15.8 Å². The number of aromatic amines is 1. The first-order valence-corrected chi connectivity index (χ1v) is 10.8. The Balaban J connectivity index is 1.76. The molecule has 2 aromatic carbocycles. The molecule has 0 unspecified atom stereocenters. The number of carboxylic acid groups (broad SMARTS) is 1. The lowest BCUT2D eigenvalue weighted by Crippen LogP contribution is -1.99. The van der Waals surface area contributed by atoms with Crippen LogP contribution in [0, 0.1) is 0 Å². The summed E-state index contributed by atoms with van der Waals surface area (Å²) in [5.41, 5.74) is 5.00. The number of aromatic nitrogens is 2. The summed E-state index contributed by atoms with van der Waals surface area (Å²) in [6.45, 7) is 0. The molecule has 6 nitrogen and oxygen atoms in total. The zero-order chi connectivity index (χ0) is 20.6. The Morgan fingerprint density at radius 1 is 1.03 bits per heavy atom. The lowest BCUT2D eigenvalue weighted by atomic mass is 10.00. The molecule has 29 heavy (non-hydrogen) atoms. The standard InChI is InChI=1S/C22H18N2O4S/c1-29(27,28)18-7-5-15(6-8-18)17-11-19-20(13-24-22(19)23-12-17)16-4-2-3-14(9-16)10-21(25)26/h2-9,11-13H,10H2,1H3,(H,23,24)(H,25,26). The third-order valence-corrected chi connectivity index (χ3v) is 5.87. The highest BCUT2D eigenvalue weighted by Gasteiger charge is 2.12. The zero-order valence-electron chi connectivity index (χ0n) is 15.6. The fourth-order valence-electron chi connectivity index (χ4n) is 3.32. The molecule has 0 saturated carbocycles. The molecule has 0 spiro atoms. The molecule has 7 heteroatoms. The van der Waals surface area contributed by atoms with Crippen molar-refractivity contribution in [3.05, 3.63) is 72.6 Å². The van der Waals surface area contributed by atoms with Gasteiger partial charge in [-0.15, -0.1) is 0 Å². The van der Waals surface area contributed by atoms with Crippen LogP contribution in [0.15, 0.2) is 71.9 Å². The number of hydrogen-bond acceptors (Lipinski definition) is 4. The van der Waals surface area contributed by atoms with E-state index in [0.29, 0.717) is 0 Å². The number of nitrogens with one attached hydrogen (secondary N) is 1. The summed E-state index contributed by atoms with van der Waals surface area (Å²) in [6.07, 6.45) is 4.74. The number of benzene rings is 2. The van der Waals surface area contributed by atoms with Gasteiger partial charge in [0.25, 0.3) is 0 Å². The molecule has 0 aliphatic carbocycles. The Morgan fingerprint density at radius 2 is 1.79 bits per heavy atom. The Hall–Kier alpha value is -3.45. The molecule has 2 N–H and O–H groups in total. The van der Waals surface area contributed by atoms with E-state index in [2.05, 4.69) is 9.97 Å². The molecule has 146 valence electrons. The Bertz CT molecular complexity index is 1320. The van der Waals surface area contributed by atoms with Gasteiger partial charge in [0.2, 0.25) is 0 Å². The predicted octanol–water partition coefficient (Wildman–Crippen LogP) is 3.93. The van der Waals surface area contributed by atoms with Crippen molar-refractivity contribution >= 4 is 26.8 Å². The van der Waals surface area contributed by atoms with Crippen molar-refractivity contribution in [1.82, 2.24) is 9.97 Å². The van der Waals surface area contributed by atoms with Crippen LogP contribution in [-0.4, -0.2) is 35.7 Å². The fourth-order valence-corrected chi connectivity index (χ4v) is 3.95. The average molecular weight is 406 g/mol. The topological polar surface area (TPSA) is 100 Å². The SMILES string of the molecule is CS(=O)(=O)c1ccc(-c2cnc3[nH]cc(-c4cccc(CC(=O)O)c4)c3c2)cc1. The van der Waals surface area contributed by atoms with Gasteiger partial charge >= 0.3 is 5.97 Å². The van der Waals surface area contributed by atoms with Crippen molar-refractivity contribution in [3.8, 4) is 22.3 Å². The Labute approximate surface area is 167 Å². The number of carboxylic acids is 1. The quantitative estimate of drug-likeness (QED) is 0.523. The van der Waals surface area contributed by atoms with Crippen LogP contribution >= 0.6 is 0 Å². The van der Waals surface area contributed by atoms with E-state index in [1.807, 2.05) is 30.5 Å². The number of sulfone groups is 1. The van der Waals surface area contributed by atoms with Gasteiger partial charge in [0.15, 0.2) is 9.84 Å². The van der Waals surface area contributed by atoms with Gasteiger partial charge in [-0.25, -0.2) is 13.4 Å². The van der Waals surface area contributed by atoms with E-state index in [4.69, 9.17) is 5.11 Å². The first-order chi connectivity index (χ1) is 13.8. The molecule has 2 aromatic heterocycles. The van der Waals surface area contributed by atoms with Crippen molar-refractivity contribution in [2.45, 2.75) is 11.3 Å². The van der Waals surface area contributed by atoms with Crippen LogP contribution in [0.3, 0.4) is 0 Å². The number of rotatable bonds is 5. The maximum Gasteiger partial charge on any atom is 0.307 e. The van der Waals surface area contributed by atoms with Gasteiger partial charge in [0.05, 0.1) is 11.3 Å². The molecule has 2 heterocycles. The van der Waals surface area contributed by atoms with E-state index in [-0.39, 0.29) is 11.3 Å². The van der Waals surface area contributed by atoms with Gasteiger partial charge in [-0.3, -0.25) is 4.79 Å². The monoisotopic (exact) mass is 406 g/mol. The van der Waals surface area contributed by atoms with E-state index in [1.165, 1.54) is 6.26 Å². The summed E-state index contributed by atoms with van der Waals surface area (Å²) in [4.78, 5) is 18.9. The first-order valence-electron chi connectivity index (χ1n) is 8.90. The van der Waals surface area contributed by atoms with E-state index in [9.17, 15) is 13.2 Å². The number of carbonyl (C=O) groups is 1. The Morgan fingerprint density at radius 3 is 2.48 bits per heavy atom. The number of pyridine rings is 1. The van der Waals surface area contributed by atoms with Gasteiger partial charge in [-0.2, -0.15) is 0 Å². The number of fused-ring (bicyclic) bond motifs is 1. The summed E-state index contributed by atoms with van der Waals surface area (Å²) in [6, 6.07) is 16.1. The number of nitrogens with zero attached hydrogens (tertiary/aromatic N) is 1. The van der Waals surface area contributed by atoms with Crippen LogP contribution in [-0.2, 0) is 21.1 Å². The number of aliphatic carboxylic acids is 1. The van der Waals surface area contributed by atoms with Gasteiger partial charge in [0, 0.05) is 35.2 Å². The summed E-state index contributed by atoms with van der Waals surface area (Å²) < 4.78 is 23.3. The van der Waals surface area contributed by atoms with E-state index in [0.717, 1.165) is 38.9 Å². The second kappa shape index (κ2) is 7.18. The van der Waals surface area contributed by atoms with E-state index in [1.54, 1.807) is 36.5 Å². The first kappa shape index (κ1) is 18.9. The third kappa shape index (κ3) is 3.90. The molecule has 0 atom stereocenters. The summed E-state index contributed by atoms with van der Waals surface area (Å²) in [5, 5.41) is 9.94. The minimum atomic E-state index is -3.25. The van der Waals surface area contributed by atoms with Crippen LogP contribution in [0.1, 0.15) is 5.56 Å². The summed E-state index contributed by atoms with van der Waals surface area (Å²) in [7, 11) is -3.25. The van der Waals surface area contributed by atoms with Gasteiger partial charge in [0.1, 0.15) is 5.65 Å². The summed E-state index contributed by atoms with van der Waals surface area (Å²) >= 11 is 0. The molecular formula is C22H18N2O4S. The van der Waals surface area contributed by atoms with Crippen LogP contribution in [0.25, 0.3) is 33.3 Å². The molecule has 4 aromatic rings. The molecule has 0 radical (unpaired) electrons. The highest BCUT2D eigenvalue weighted by Crippen LogP contribution is 2.31. The molecule has 4 rings (SSSR count). The second-order valence-electron chi connectivity index (χ2n) is 6.89. The van der Waals surface area contributed by atoms with Gasteiger partial charge < -0.3 is 10.1 Å². The normalized spacial score (nSPS) is 11.6. The van der Waals surface area contributed by atoms with Gasteiger partial charge in [-0.1, -0.05) is 36.4 Å². The maximum absolute atomic E-state index is 11.7. The van der Waals surface area contributed by atoms with Crippen molar-refractivity contribution < 1.29 is 18.3 Å². The predicted molar refractivity (Wildman–Crippen MR) is 111 cm³/mol. The third-order valence-electron chi connectivity index (χ3n) is 4.74. The van der Waals surface area contributed by atoms with Crippen LogP contribution in [0.4, 0.5) is 0 Å². The Kier molecular flexibility index (Phi) is 4.68. The lowest BCUT2D eigenvalue weighted by molar-refractivity contribution is -0.136. The minimum absolute atomic E-state index is 0.0353. The zero-order valence-corrected chi connectivity index (χ0v) is 16.4. The highest BCUT2D eigenvalue weighted by molar-refractivity contribution is 7.90. The number of hydrogen-bond donors (Lipinski definition) is 2. The minimum Gasteiger partial charge on any atom is -0.481 e. The van der Waals surface area contributed by atoms with Crippen molar-refractivity contribution in [2.75, 3.05) is 6.26 Å². The van der Waals surface area contributed by atoms with E-state index >= 15 is 0 Å². The van der Waals surface area contributed by atoms with Crippen molar-refractivity contribution in [3.63, 3.8) is 0 Å². The lowest BCUT2D eigenvalue weighted by Gasteiger charge is -2.06. The molecule has 0 saturated heterocycles. The largest absolute Gasteiger partial charge is 0.481 e. The van der Waals surface area contributed by atoms with Crippen LogP contribution in [0.5, 0.6) is 0 Å². The molecule has 0 aliphatic rings. The molecule has 0 aliphatic heterocycles. The van der Waals surface area contributed by atoms with Crippen molar-refractivity contribution in [2.24, 2.45) is 0 Å². The van der Waals surface area contributed by atoms with Crippen LogP contribution < -0.4 is 0 Å². The second-order valence-corrected chi connectivity index (χ2v) is 8.91. The van der Waals surface area contributed by atoms with Gasteiger partial charge in [-0.05, 0) is 34.9 Å². The number of H-pyrrole nitrogens is 1. The van der Waals surface area contributed by atoms with Crippen molar-refractivity contribution in [1.29, 1.82) is 0 Å². The highest BCUT2D eigenvalue weighted by atomic mass is 32.2. The molecule has 0 amide bonds. The summed E-state index contributed by atoms with van der Waals surface area (Å²) in [5.74, 6) is -0.873. The average Bonchev–Trinajstić information content (AvgIpc) is 3.10.